The number of halogens is 6. The number of nitrogens with two attached hydrogens (primary N) is 1. The minimum Gasteiger partial charge on any atom is -0.470 e. The van der Waals surface area contributed by atoms with Crippen LogP contribution in [0.3, 0.4) is 0 Å². The molecule has 26 heteroatoms. The van der Waals surface area contributed by atoms with Crippen LogP contribution in [0.4, 0.5) is 33.7 Å². The molecule has 0 atom stereocenters. The van der Waals surface area contributed by atoms with Crippen LogP contribution in [0.15, 0.2) is 159 Å². The van der Waals surface area contributed by atoms with Crippen molar-refractivity contribution in [2.45, 2.75) is 13.5 Å². The number of ether oxygens (including phenoxy) is 2. The Morgan fingerprint density at radius 1 is 0.598 bits per heavy atom. The Kier molecular flexibility index (Phi) is 16.6. The first-order chi connectivity index (χ1) is 44.5. The Hall–Kier alpha value is -11.6. The molecule has 14 rings (SSSR count). The second-order valence-corrected chi connectivity index (χ2v) is 20.9. The third-order valence-corrected chi connectivity index (χ3v) is 15.4. The summed E-state index contributed by atoms with van der Waals surface area (Å²) in [7, 11) is 3.00. The second kappa shape index (κ2) is 25.1. The van der Waals surface area contributed by atoms with E-state index in [4.69, 9.17) is 57.2 Å². The van der Waals surface area contributed by atoms with Gasteiger partial charge in [-0.15, -0.1) is 28.2 Å². The standard InChI is InChI=1S/C33H22ClF2N5O5.C30H20F2N4O3.C3H2ClNO2/c1-37-32(43)29-20-11-19(22-9-10-26-30(38-22)25-12-18-21(36)3-2-4-24(18)41(25)15-45-26)23(39-33(44)40-28(42)14-34)13-27(20)46-31(29)16-5-7-17(35)8-6-16;1-34-30(37)27-19-11-18(21(33)13-26(19)39-29(27)15-5-7-16(31)8-6-15)22-9-10-25-28(35-22)24-12-17-20(32)3-2-4-23(17)36(24)14-38-25;4-1-3(7)5-2-6/h2-13H,14-15H2,1H3,(H,37,43)(H2,39,40,42,44);2-13H,14,33H2,1H3,(H,34,37);1H2. The zero-order valence-corrected chi connectivity index (χ0v) is 49.4. The average Bonchev–Trinajstić information content (AvgIpc) is 1.57. The number of aromatic nitrogens is 4. The molecule has 0 aliphatic carbocycles. The molecule has 0 spiro atoms. The van der Waals surface area contributed by atoms with Gasteiger partial charge in [0, 0.05) is 75.7 Å². The van der Waals surface area contributed by atoms with Gasteiger partial charge < -0.3 is 49.1 Å². The molecule has 6 N–H and O–H groups in total. The van der Waals surface area contributed by atoms with Gasteiger partial charge >= 0.3 is 6.03 Å². The fourth-order valence-electron chi connectivity index (χ4n) is 10.8. The maximum absolute atomic E-state index is 14.7. The number of aliphatic imine (C=N–C) groups is 1. The van der Waals surface area contributed by atoms with E-state index in [0.717, 1.165) is 11.8 Å². The lowest BCUT2D eigenvalue weighted by atomic mass is 10.0. The topological polar surface area (TPSA) is 269 Å². The number of alkyl halides is 2. The number of hydrogen-bond donors (Lipinski definition) is 5. The van der Waals surface area contributed by atoms with E-state index >= 15 is 0 Å². The molecule has 8 heterocycles. The summed E-state index contributed by atoms with van der Waals surface area (Å²) in [6.07, 6.45) is 1.06. The van der Waals surface area contributed by atoms with Crippen LogP contribution in [0.2, 0.25) is 0 Å². The van der Waals surface area contributed by atoms with Gasteiger partial charge in [-0.05, 0) is 121 Å². The van der Waals surface area contributed by atoms with E-state index in [1.54, 1.807) is 89.5 Å². The Bertz CT molecular complexity index is 5080. The zero-order chi connectivity index (χ0) is 64.6. The molecule has 0 bridgehead atoms. The molecule has 2 aliphatic heterocycles. The number of carbonyl (C=O) groups is 5. The molecule has 0 unspecified atom stereocenters. The minimum absolute atomic E-state index is 0.153. The first kappa shape index (κ1) is 60.7. The Morgan fingerprint density at radius 3 is 1.53 bits per heavy atom. The number of nitrogen functional groups attached to an aromatic ring is 1. The maximum Gasteiger partial charge on any atom is 0.325 e. The Balaban J connectivity index is 0.000000162. The molecule has 0 fully saturated rings. The number of pyridine rings is 2. The largest absolute Gasteiger partial charge is 0.470 e. The van der Waals surface area contributed by atoms with E-state index in [9.17, 15) is 46.3 Å². The molecule has 460 valence electrons. The van der Waals surface area contributed by atoms with Crippen LogP contribution >= 0.6 is 23.2 Å². The molecule has 92 heavy (non-hydrogen) atoms. The molecular weight excluding hydrogens is 1240 g/mol. The number of imide groups is 1. The average molecular weight is 1280 g/mol. The van der Waals surface area contributed by atoms with E-state index in [2.05, 4.69) is 26.3 Å². The van der Waals surface area contributed by atoms with Crippen molar-refractivity contribution in [2.75, 3.05) is 36.9 Å². The lowest BCUT2D eigenvalue weighted by molar-refractivity contribution is -0.117. The predicted molar refractivity (Wildman–Crippen MR) is 336 cm³/mol. The van der Waals surface area contributed by atoms with Crippen molar-refractivity contribution < 1.29 is 64.6 Å². The molecule has 6 aromatic heterocycles. The van der Waals surface area contributed by atoms with Crippen LogP contribution in [-0.2, 0) is 27.8 Å². The quantitative estimate of drug-likeness (QED) is 0.0296. The summed E-state index contributed by atoms with van der Waals surface area (Å²) in [5, 5.41) is 11.9. The minimum atomic E-state index is -0.861. The van der Waals surface area contributed by atoms with Crippen molar-refractivity contribution in [1.29, 1.82) is 0 Å². The first-order valence-electron chi connectivity index (χ1n) is 27.6. The van der Waals surface area contributed by atoms with E-state index in [0.29, 0.717) is 117 Å². The van der Waals surface area contributed by atoms with Crippen molar-refractivity contribution in [2.24, 2.45) is 4.99 Å². The van der Waals surface area contributed by atoms with Gasteiger partial charge in [0.05, 0.1) is 50.6 Å². The molecule has 2 aliphatic rings. The predicted octanol–water partition coefficient (Wildman–Crippen LogP) is 13.1. The summed E-state index contributed by atoms with van der Waals surface area (Å²) in [5.74, 6) is -2.93. The van der Waals surface area contributed by atoms with E-state index in [1.807, 2.05) is 10.6 Å². The van der Waals surface area contributed by atoms with Gasteiger partial charge in [-0.1, -0.05) is 12.1 Å². The number of anilines is 2. The van der Waals surface area contributed by atoms with Crippen LogP contribution in [0.5, 0.6) is 11.5 Å². The number of furan rings is 2. The summed E-state index contributed by atoms with van der Waals surface area (Å²) in [6, 6.07) is 37.0. The van der Waals surface area contributed by atoms with Gasteiger partial charge in [-0.25, -0.2) is 37.1 Å². The van der Waals surface area contributed by atoms with Crippen LogP contribution in [0.25, 0.3) is 112 Å². The Morgan fingerprint density at radius 2 is 1.08 bits per heavy atom. The zero-order valence-electron chi connectivity index (χ0n) is 47.8. The highest BCUT2D eigenvalue weighted by atomic mass is 35.5. The lowest BCUT2D eigenvalue weighted by Crippen LogP contribution is -2.35. The number of amides is 6. The van der Waals surface area contributed by atoms with Gasteiger partial charge in [-0.2, -0.15) is 0 Å². The molecule has 0 saturated heterocycles. The number of urea groups is 1. The van der Waals surface area contributed by atoms with E-state index in [1.165, 1.54) is 68.7 Å². The highest BCUT2D eigenvalue weighted by molar-refractivity contribution is 6.29. The van der Waals surface area contributed by atoms with Crippen LogP contribution in [0.1, 0.15) is 20.7 Å². The number of rotatable bonds is 9. The molecule has 20 nitrogen and oxygen atoms in total. The Labute approximate surface area is 526 Å². The highest BCUT2D eigenvalue weighted by Gasteiger charge is 2.30. The first-order valence-corrected chi connectivity index (χ1v) is 28.7. The molecule has 12 aromatic rings. The molecule has 6 amide bonds. The van der Waals surface area contributed by atoms with E-state index < -0.39 is 41.3 Å². The monoisotopic (exact) mass is 1280 g/mol. The summed E-state index contributed by atoms with van der Waals surface area (Å²) >= 11 is 10.5. The molecule has 6 aromatic carbocycles. The fraction of sp³-hybridized carbons (Fsp3) is 0.0909. The summed E-state index contributed by atoms with van der Waals surface area (Å²) in [6.45, 7) is 0.390. The van der Waals surface area contributed by atoms with Crippen molar-refractivity contribution in [1.82, 2.24) is 35.1 Å². The lowest BCUT2D eigenvalue weighted by Gasteiger charge is -2.21. The van der Waals surface area contributed by atoms with Crippen LogP contribution < -0.4 is 36.5 Å². The number of isocyanates is 1. The van der Waals surface area contributed by atoms with Crippen molar-refractivity contribution >= 4 is 114 Å². The maximum atomic E-state index is 14.7. The second-order valence-electron chi connectivity index (χ2n) is 20.4. The number of hydrogen-bond acceptors (Lipinski definition) is 13. The van der Waals surface area contributed by atoms with Gasteiger partial charge in [0.1, 0.15) is 80.6 Å². The van der Waals surface area contributed by atoms with Gasteiger partial charge in [0.15, 0.2) is 13.5 Å². The van der Waals surface area contributed by atoms with Crippen LogP contribution in [0, 0.1) is 23.3 Å². The van der Waals surface area contributed by atoms with Gasteiger partial charge in [-0.3, -0.25) is 24.5 Å². The normalized spacial score (nSPS) is 11.7. The third-order valence-electron chi connectivity index (χ3n) is 15.0. The number of benzene rings is 6. The fourth-order valence-corrected chi connectivity index (χ4v) is 10.9. The SMILES string of the molecule is CNC(=O)c1c(-c2ccc(F)cc2)oc2cc(N)c(-c3ccc4c(n3)-c3cc5c(F)cccc5n3CO4)cc12.CNC(=O)c1c(-c2ccc(F)cc2)oc2cc(NC(=O)NC(=O)CCl)c(-c3ccc4c(n3)-c3cc5c(F)cccc5n3CO4)cc12.O=C=NC(=O)CCl. The summed E-state index contributed by atoms with van der Waals surface area (Å²) in [5.41, 5.74) is 14.7. The number of carbonyl (C=O) groups excluding carboxylic acids is 6. The molecular formula is C66H44Cl2F4N10O10. The van der Waals surface area contributed by atoms with Gasteiger partial charge in [0.25, 0.3) is 17.7 Å². The highest BCUT2D eigenvalue weighted by Crippen LogP contribution is 2.45. The summed E-state index contributed by atoms with van der Waals surface area (Å²) in [4.78, 5) is 82.3. The molecule has 0 saturated carbocycles. The number of nitrogens with one attached hydrogen (secondary N) is 4. The van der Waals surface area contributed by atoms with Crippen LogP contribution in [-0.4, -0.2) is 80.7 Å². The van der Waals surface area contributed by atoms with Crippen molar-refractivity contribution in [3.05, 3.63) is 180 Å². The number of fused-ring (bicyclic) bond motifs is 12. The van der Waals surface area contributed by atoms with Crippen molar-refractivity contribution in [3.63, 3.8) is 0 Å². The smallest absolute Gasteiger partial charge is 0.325 e. The number of nitrogens with zero attached hydrogens (tertiary/aromatic N) is 5. The third kappa shape index (κ3) is 11.4. The van der Waals surface area contributed by atoms with E-state index in [-0.39, 0.29) is 59.5 Å². The summed E-state index contributed by atoms with van der Waals surface area (Å²) < 4.78 is 84.2. The molecule has 0 radical (unpaired) electrons. The van der Waals surface area contributed by atoms with Gasteiger partial charge in [0.2, 0.25) is 12.0 Å². The van der Waals surface area contributed by atoms with Crippen molar-refractivity contribution in [3.8, 4) is 79.4 Å².